The van der Waals surface area contributed by atoms with Crippen molar-refractivity contribution in [1.82, 2.24) is 4.98 Å². The molecule has 24 heavy (non-hydrogen) atoms. The van der Waals surface area contributed by atoms with Crippen LogP contribution < -0.4 is 5.32 Å². The van der Waals surface area contributed by atoms with E-state index in [0.717, 1.165) is 20.9 Å². The number of nitrogens with zero attached hydrogens (tertiary/aromatic N) is 1. The van der Waals surface area contributed by atoms with Gasteiger partial charge in [0, 0.05) is 5.69 Å². The van der Waals surface area contributed by atoms with Crippen molar-refractivity contribution >= 4 is 33.1 Å². The largest absolute Gasteiger partial charge is 0.364 e. The first-order valence-electron chi connectivity index (χ1n) is 7.94. The maximum Gasteiger partial charge on any atom is 0.250 e. The molecule has 0 spiro atoms. The van der Waals surface area contributed by atoms with E-state index in [1.807, 2.05) is 48.5 Å². The van der Waals surface area contributed by atoms with Gasteiger partial charge in [-0.3, -0.25) is 4.79 Å². The lowest BCUT2D eigenvalue weighted by molar-refractivity contribution is -0.121. The summed E-state index contributed by atoms with van der Waals surface area (Å²) in [4.78, 5) is 16.4. The van der Waals surface area contributed by atoms with Crippen molar-refractivity contribution in [2.75, 3.05) is 11.9 Å². The molecule has 4 nitrogen and oxygen atoms in total. The number of carbonyl (C=O) groups excluding carboxylic acids is 1. The van der Waals surface area contributed by atoms with E-state index in [-0.39, 0.29) is 12.5 Å². The Bertz CT molecular complexity index is 792. The van der Waals surface area contributed by atoms with E-state index in [1.54, 1.807) is 11.3 Å². The molecule has 0 aliphatic rings. The highest BCUT2D eigenvalue weighted by atomic mass is 32.1. The van der Waals surface area contributed by atoms with Crippen LogP contribution in [0.3, 0.4) is 0 Å². The van der Waals surface area contributed by atoms with E-state index in [9.17, 15) is 4.79 Å². The van der Waals surface area contributed by atoms with Gasteiger partial charge in [0.05, 0.1) is 16.8 Å². The Morgan fingerprint density at radius 1 is 1.17 bits per heavy atom. The third-order valence-corrected chi connectivity index (χ3v) is 4.67. The van der Waals surface area contributed by atoms with E-state index in [4.69, 9.17) is 4.74 Å². The van der Waals surface area contributed by atoms with Crippen molar-refractivity contribution in [2.24, 2.45) is 0 Å². The lowest BCUT2D eigenvalue weighted by atomic mass is 10.0. The van der Waals surface area contributed by atoms with Crippen LogP contribution in [0.25, 0.3) is 10.2 Å². The van der Waals surface area contributed by atoms with Crippen LogP contribution in [-0.2, 0) is 16.1 Å². The van der Waals surface area contributed by atoms with Crippen molar-refractivity contribution in [3.05, 3.63) is 59.1 Å². The first kappa shape index (κ1) is 16.6. The molecule has 5 heteroatoms. The summed E-state index contributed by atoms with van der Waals surface area (Å²) in [7, 11) is 0. The molecule has 0 saturated carbocycles. The Morgan fingerprint density at radius 3 is 2.62 bits per heavy atom. The average molecular weight is 340 g/mol. The van der Waals surface area contributed by atoms with Crippen LogP contribution in [-0.4, -0.2) is 17.5 Å². The predicted octanol–water partition coefficient (Wildman–Crippen LogP) is 4.58. The number of benzene rings is 2. The van der Waals surface area contributed by atoms with Gasteiger partial charge in [-0.2, -0.15) is 0 Å². The molecule has 0 atom stereocenters. The van der Waals surface area contributed by atoms with Crippen molar-refractivity contribution < 1.29 is 9.53 Å². The zero-order valence-corrected chi connectivity index (χ0v) is 14.6. The standard InChI is InChI=1S/C19H20N2O2S/c1-13(2)14-7-9-15(10-8-14)20-18(22)11-23-12-19-21-16-5-3-4-6-17(16)24-19/h3-10,13H,11-12H2,1-2H3,(H,20,22). The maximum absolute atomic E-state index is 11.9. The van der Waals surface area contributed by atoms with Crippen LogP contribution in [0.5, 0.6) is 0 Å². The topological polar surface area (TPSA) is 51.2 Å². The number of para-hydroxylation sites is 1. The normalized spacial score (nSPS) is 11.1. The molecular weight excluding hydrogens is 320 g/mol. The van der Waals surface area contributed by atoms with Crippen LogP contribution in [0.4, 0.5) is 5.69 Å². The predicted molar refractivity (Wildman–Crippen MR) is 98.4 cm³/mol. The fraction of sp³-hybridized carbons (Fsp3) is 0.263. The molecule has 3 aromatic rings. The molecular formula is C19H20N2O2S. The number of nitrogens with one attached hydrogen (secondary N) is 1. The monoisotopic (exact) mass is 340 g/mol. The summed E-state index contributed by atoms with van der Waals surface area (Å²) in [5.74, 6) is 0.320. The first-order valence-corrected chi connectivity index (χ1v) is 8.75. The fourth-order valence-corrected chi connectivity index (χ4v) is 3.27. The Hall–Kier alpha value is -2.24. The molecule has 0 saturated heterocycles. The van der Waals surface area contributed by atoms with Crippen LogP contribution in [0.2, 0.25) is 0 Å². The molecule has 124 valence electrons. The molecule has 0 fully saturated rings. The highest BCUT2D eigenvalue weighted by molar-refractivity contribution is 7.18. The molecule has 0 bridgehead atoms. The van der Waals surface area contributed by atoms with Gasteiger partial charge in [0.2, 0.25) is 5.91 Å². The number of anilines is 1. The van der Waals surface area contributed by atoms with Gasteiger partial charge in [-0.25, -0.2) is 4.98 Å². The Kier molecular flexibility index (Phi) is 5.23. The first-order chi connectivity index (χ1) is 11.6. The zero-order valence-electron chi connectivity index (χ0n) is 13.8. The second-order valence-corrected chi connectivity index (χ2v) is 7.01. The third kappa shape index (κ3) is 4.19. The molecule has 0 radical (unpaired) electrons. The Morgan fingerprint density at radius 2 is 1.92 bits per heavy atom. The summed E-state index contributed by atoms with van der Waals surface area (Å²) in [6.45, 7) is 4.65. The van der Waals surface area contributed by atoms with E-state index in [1.165, 1.54) is 5.56 Å². The van der Waals surface area contributed by atoms with Gasteiger partial charge in [-0.1, -0.05) is 38.1 Å². The Labute approximate surface area is 145 Å². The van der Waals surface area contributed by atoms with Gasteiger partial charge in [-0.15, -0.1) is 11.3 Å². The minimum Gasteiger partial charge on any atom is -0.364 e. The molecule has 1 aromatic heterocycles. The van der Waals surface area contributed by atoms with Crippen molar-refractivity contribution in [2.45, 2.75) is 26.4 Å². The van der Waals surface area contributed by atoms with Crippen LogP contribution in [0.1, 0.15) is 30.3 Å². The van der Waals surface area contributed by atoms with Crippen LogP contribution in [0, 0.1) is 0 Å². The summed E-state index contributed by atoms with van der Waals surface area (Å²) in [6.07, 6.45) is 0. The molecule has 2 aromatic carbocycles. The van der Waals surface area contributed by atoms with Crippen LogP contribution in [0.15, 0.2) is 48.5 Å². The van der Waals surface area contributed by atoms with Gasteiger partial charge in [0.25, 0.3) is 0 Å². The highest BCUT2D eigenvalue weighted by Crippen LogP contribution is 2.22. The van der Waals surface area contributed by atoms with Gasteiger partial charge < -0.3 is 10.1 Å². The van der Waals surface area contributed by atoms with Gasteiger partial charge >= 0.3 is 0 Å². The molecule has 0 aliphatic heterocycles. The second kappa shape index (κ2) is 7.55. The highest BCUT2D eigenvalue weighted by Gasteiger charge is 2.07. The molecule has 1 amide bonds. The molecule has 1 heterocycles. The van der Waals surface area contributed by atoms with Crippen LogP contribution >= 0.6 is 11.3 Å². The minimum atomic E-state index is -0.159. The third-order valence-electron chi connectivity index (χ3n) is 3.66. The number of thiazole rings is 1. The Balaban J connectivity index is 1.48. The van der Waals surface area contributed by atoms with Gasteiger partial charge in [0.15, 0.2) is 0 Å². The number of hydrogen-bond donors (Lipinski definition) is 1. The number of hydrogen-bond acceptors (Lipinski definition) is 4. The summed E-state index contributed by atoms with van der Waals surface area (Å²) in [5, 5.41) is 3.72. The smallest absolute Gasteiger partial charge is 0.250 e. The van der Waals surface area contributed by atoms with E-state index >= 15 is 0 Å². The second-order valence-electron chi connectivity index (χ2n) is 5.89. The summed E-state index contributed by atoms with van der Waals surface area (Å²) in [6, 6.07) is 15.9. The van der Waals surface area contributed by atoms with E-state index in [0.29, 0.717) is 12.5 Å². The van der Waals surface area contributed by atoms with Crippen molar-refractivity contribution in [1.29, 1.82) is 0 Å². The average Bonchev–Trinajstić information content (AvgIpc) is 2.98. The quantitative estimate of drug-likeness (QED) is 0.715. The molecule has 3 rings (SSSR count). The lowest BCUT2D eigenvalue weighted by Gasteiger charge is -2.08. The van der Waals surface area contributed by atoms with Gasteiger partial charge in [-0.05, 0) is 35.7 Å². The lowest BCUT2D eigenvalue weighted by Crippen LogP contribution is -2.18. The van der Waals surface area contributed by atoms with E-state index in [2.05, 4.69) is 24.1 Å². The fourth-order valence-electron chi connectivity index (χ4n) is 2.36. The molecule has 0 aliphatic carbocycles. The number of carbonyl (C=O) groups is 1. The van der Waals surface area contributed by atoms with Crippen molar-refractivity contribution in [3.8, 4) is 0 Å². The number of aromatic nitrogens is 1. The number of amides is 1. The summed E-state index contributed by atoms with van der Waals surface area (Å²) >= 11 is 1.59. The minimum absolute atomic E-state index is 0.0157. The van der Waals surface area contributed by atoms with E-state index < -0.39 is 0 Å². The van der Waals surface area contributed by atoms with Crippen molar-refractivity contribution in [3.63, 3.8) is 0 Å². The summed E-state index contributed by atoms with van der Waals surface area (Å²) in [5.41, 5.74) is 3.00. The number of fused-ring (bicyclic) bond motifs is 1. The number of rotatable bonds is 6. The summed E-state index contributed by atoms with van der Waals surface area (Å²) < 4.78 is 6.61. The SMILES string of the molecule is CC(C)c1ccc(NC(=O)COCc2nc3ccccc3s2)cc1. The van der Waals surface area contributed by atoms with Gasteiger partial charge in [0.1, 0.15) is 11.6 Å². The molecule has 1 N–H and O–H groups in total. The zero-order chi connectivity index (χ0) is 16.9. The maximum atomic E-state index is 11.9. The molecule has 0 unspecified atom stereocenters. The number of ether oxygens (including phenoxy) is 1.